The number of aromatic hydroxyl groups is 1. The second-order valence-corrected chi connectivity index (χ2v) is 6.22. The molecule has 20 heavy (non-hydrogen) atoms. The molecule has 0 atom stereocenters. The Morgan fingerprint density at radius 2 is 1.35 bits per heavy atom. The molecule has 2 aromatic carbocycles. The standard InChI is InChI=1S/C12H5BrCl4N2O/c13-5-1-9(17)12(20)11(2-5)19-18-10-4-7(15)6(14)3-8(10)16/h1-4,20H. The molecular formula is C12H5BrCl4N2O. The van der Waals surface area contributed by atoms with E-state index in [2.05, 4.69) is 26.2 Å². The number of halogens is 5. The molecule has 2 aromatic rings. The van der Waals surface area contributed by atoms with Crippen LogP contribution in [-0.4, -0.2) is 5.11 Å². The molecule has 0 aliphatic heterocycles. The van der Waals surface area contributed by atoms with Gasteiger partial charge in [-0.15, -0.1) is 10.2 Å². The Balaban J connectivity index is 2.42. The van der Waals surface area contributed by atoms with E-state index in [0.29, 0.717) is 25.2 Å². The predicted molar refractivity (Wildman–Crippen MR) is 86.5 cm³/mol. The van der Waals surface area contributed by atoms with Crippen LogP contribution in [0.25, 0.3) is 0 Å². The van der Waals surface area contributed by atoms with Crippen molar-refractivity contribution < 1.29 is 5.11 Å². The van der Waals surface area contributed by atoms with Gasteiger partial charge in [0.2, 0.25) is 0 Å². The molecule has 0 spiro atoms. The highest BCUT2D eigenvalue weighted by Gasteiger charge is 2.09. The third-order valence-corrected chi connectivity index (χ3v) is 4.03. The van der Waals surface area contributed by atoms with E-state index in [1.165, 1.54) is 12.1 Å². The van der Waals surface area contributed by atoms with Crippen LogP contribution < -0.4 is 0 Å². The summed E-state index contributed by atoms with van der Waals surface area (Å²) in [5, 5.41) is 18.7. The summed E-state index contributed by atoms with van der Waals surface area (Å²) in [6.45, 7) is 0. The van der Waals surface area contributed by atoms with Crippen LogP contribution in [0.5, 0.6) is 5.75 Å². The van der Waals surface area contributed by atoms with E-state index >= 15 is 0 Å². The van der Waals surface area contributed by atoms with Crippen LogP contribution in [0, 0.1) is 0 Å². The highest BCUT2D eigenvalue weighted by atomic mass is 79.9. The number of hydrogen-bond donors (Lipinski definition) is 1. The molecule has 0 amide bonds. The molecule has 104 valence electrons. The maximum Gasteiger partial charge on any atom is 0.161 e. The van der Waals surface area contributed by atoms with Crippen LogP contribution >= 0.6 is 62.3 Å². The fourth-order valence-electron chi connectivity index (χ4n) is 1.33. The van der Waals surface area contributed by atoms with Crippen molar-refractivity contribution in [3.8, 4) is 5.75 Å². The van der Waals surface area contributed by atoms with Crippen molar-refractivity contribution in [1.82, 2.24) is 0 Å². The van der Waals surface area contributed by atoms with Crippen molar-refractivity contribution in [2.45, 2.75) is 0 Å². The van der Waals surface area contributed by atoms with Gasteiger partial charge in [0.1, 0.15) is 11.4 Å². The fraction of sp³-hybridized carbons (Fsp3) is 0. The summed E-state index contributed by atoms with van der Waals surface area (Å²) in [5.41, 5.74) is 0.531. The quantitative estimate of drug-likeness (QED) is 0.410. The molecule has 0 aromatic heterocycles. The monoisotopic (exact) mass is 412 g/mol. The Kier molecular flexibility index (Phi) is 5.15. The zero-order chi connectivity index (χ0) is 14.9. The molecule has 0 saturated carbocycles. The molecule has 0 aliphatic rings. The molecule has 1 N–H and O–H groups in total. The van der Waals surface area contributed by atoms with Crippen LogP contribution in [0.3, 0.4) is 0 Å². The first-order chi connectivity index (χ1) is 9.38. The first-order valence-corrected chi connectivity index (χ1v) is 7.43. The van der Waals surface area contributed by atoms with Gasteiger partial charge in [0.25, 0.3) is 0 Å². The predicted octanol–water partition coefficient (Wildman–Crippen LogP) is 7.18. The lowest BCUT2D eigenvalue weighted by Crippen LogP contribution is -1.74. The SMILES string of the molecule is Oc1c(Cl)cc(Br)cc1N=Nc1cc(Cl)c(Cl)cc1Cl. The van der Waals surface area contributed by atoms with E-state index in [1.807, 2.05) is 0 Å². The Hall–Kier alpha value is -0.520. The molecule has 3 nitrogen and oxygen atoms in total. The summed E-state index contributed by atoms with van der Waals surface area (Å²) < 4.78 is 0.662. The molecule has 0 fully saturated rings. The van der Waals surface area contributed by atoms with Gasteiger partial charge in [0, 0.05) is 4.47 Å². The summed E-state index contributed by atoms with van der Waals surface area (Å²) >= 11 is 26.8. The first kappa shape index (κ1) is 15.9. The van der Waals surface area contributed by atoms with Gasteiger partial charge in [-0.1, -0.05) is 62.3 Å². The van der Waals surface area contributed by atoms with E-state index in [0.717, 1.165) is 0 Å². The number of rotatable bonds is 2. The van der Waals surface area contributed by atoms with E-state index in [4.69, 9.17) is 46.4 Å². The molecule has 8 heteroatoms. The first-order valence-electron chi connectivity index (χ1n) is 5.13. The van der Waals surface area contributed by atoms with Crippen LogP contribution in [0.4, 0.5) is 11.4 Å². The summed E-state index contributed by atoms with van der Waals surface area (Å²) in [6.07, 6.45) is 0. The molecule has 0 bridgehead atoms. The lowest BCUT2D eigenvalue weighted by molar-refractivity contribution is 0.476. The molecule has 2 rings (SSSR count). The number of azo groups is 1. The van der Waals surface area contributed by atoms with E-state index in [-0.39, 0.29) is 16.5 Å². The average molecular weight is 415 g/mol. The summed E-state index contributed by atoms with van der Waals surface area (Å²) in [4.78, 5) is 0. The van der Waals surface area contributed by atoms with Crippen molar-refractivity contribution in [1.29, 1.82) is 0 Å². The number of hydrogen-bond acceptors (Lipinski definition) is 3. The van der Waals surface area contributed by atoms with E-state index < -0.39 is 0 Å². The van der Waals surface area contributed by atoms with Gasteiger partial charge in [0.05, 0.1) is 20.1 Å². The van der Waals surface area contributed by atoms with Gasteiger partial charge in [-0.2, -0.15) is 0 Å². The Morgan fingerprint density at radius 3 is 2.05 bits per heavy atom. The van der Waals surface area contributed by atoms with Gasteiger partial charge >= 0.3 is 0 Å². The average Bonchev–Trinajstić information content (AvgIpc) is 2.37. The van der Waals surface area contributed by atoms with Crippen molar-refractivity contribution in [3.63, 3.8) is 0 Å². The Morgan fingerprint density at radius 1 is 0.750 bits per heavy atom. The van der Waals surface area contributed by atoms with Crippen LogP contribution in [0.15, 0.2) is 39.0 Å². The minimum Gasteiger partial charge on any atom is -0.504 e. The number of phenols is 1. The van der Waals surface area contributed by atoms with Crippen LogP contribution in [0.2, 0.25) is 20.1 Å². The Bertz CT molecular complexity index is 706. The lowest BCUT2D eigenvalue weighted by atomic mass is 10.3. The highest BCUT2D eigenvalue weighted by Crippen LogP contribution is 2.39. The third-order valence-electron chi connectivity index (χ3n) is 2.26. The molecule has 0 radical (unpaired) electrons. The molecular weight excluding hydrogens is 410 g/mol. The lowest BCUT2D eigenvalue weighted by Gasteiger charge is -2.03. The number of nitrogens with zero attached hydrogens (tertiary/aromatic N) is 2. The van der Waals surface area contributed by atoms with Gasteiger partial charge in [-0.05, 0) is 24.3 Å². The highest BCUT2D eigenvalue weighted by molar-refractivity contribution is 9.10. The van der Waals surface area contributed by atoms with Crippen LogP contribution in [0.1, 0.15) is 0 Å². The zero-order valence-electron chi connectivity index (χ0n) is 9.54. The van der Waals surface area contributed by atoms with Crippen molar-refractivity contribution in [2.75, 3.05) is 0 Å². The van der Waals surface area contributed by atoms with Crippen molar-refractivity contribution in [2.24, 2.45) is 10.2 Å². The second kappa shape index (κ2) is 6.50. The second-order valence-electron chi connectivity index (χ2n) is 3.67. The zero-order valence-corrected chi connectivity index (χ0v) is 14.2. The molecule has 0 unspecified atom stereocenters. The maximum absolute atomic E-state index is 9.78. The minimum atomic E-state index is -0.171. The maximum atomic E-state index is 9.78. The van der Waals surface area contributed by atoms with Gasteiger partial charge in [0.15, 0.2) is 5.75 Å². The topological polar surface area (TPSA) is 45.0 Å². The molecule has 0 heterocycles. The summed E-state index contributed by atoms with van der Waals surface area (Å²) in [6, 6.07) is 6.05. The number of benzene rings is 2. The largest absolute Gasteiger partial charge is 0.504 e. The minimum absolute atomic E-state index is 0.161. The van der Waals surface area contributed by atoms with E-state index in [1.54, 1.807) is 12.1 Å². The molecule has 0 aliphatic carbocycles. The third kappa shape index (κ3) is 3.57. The fourth-order valence-corrected chi connectivity index (χ4v) is 2.70. The van der Waals surface area contributed by atoms with Crippen molar-refractivity contribution >= 4 is 73.7 Å². The summed E-state index contributed by atoms with van der Waals surface area (Å²) in [5.74, 6) is -0.171. The van der Waals surface area contributed by atoms with E-state index in [9.17, 15) is 5.11 Å². The molecule has 0 saturated heterocycles. The normalized spacial score (nSPS) is 11.2. The summed E-state index contributed by atoms with van der Waals surface area (Å²) in [7, 11) is 0. The Labute approximate surface area is 143 Å². The number of phenolic OH excluding ortho intramolecular Hbond substituents is 1. The van der Waals surface area contributed by atoms with Gasteiger partial charge in [-0.25, -0.2) is 0 Å². The van der Waals surface area contributed by atoms with Gasteiger partial charge in [-0.3, -0.25) is 0 Å². The van der Waals surface area contributed by atoms with Gasteiger partial charge < -0.3 is 5.11 Å². The van der Waals surface area contributed by atoms with Crippen LogP contribution in [-0.2, 0) is 0 Å². The van der Waals surface area contributed by atoms with Crippen molar-refractivity contribution in [3.05, 3.63) is 48.8 Å². The smallest absolute Gasteiger partial charge is 0.161 e.